The number of nitrogens with zero attached hydrogens (tertiary/aromatic N) is 4. The van der Waals surface area contributed by atoms with E-state index in [1.54, 1.807) is 37.3 Å². The fourth-order valence-corrected chi connectivity index (χ4v) is 4.72. The second kappa shape index (κ2) is 10.5. The molecule has 0 aliphatic carbocycles. The van der Waals surface area contributed by atoms with Crippen molar-refractivity contribution in [1.82, 2.24) is 15.2 Å². The molecule has 0 bridgehead atoms. The number of hydrogen-bond acceptors (Lipinski definition) is 7. The van der Waals surface area contributed by atoms with E-state index in [0.29, 0.717) is 22.1 Å². The summed E-state index contributed by atoms with van der Waals surface area (Å²) in [6, 6.07) is 15.2. The lowest BCUT2D eigenvalue weighted by Gasteiger charge is -2.29. The number of para-hydroxylation sites is 1. The first-order chi connectivity index (χ1) is 18.3. The SMILES string of the molecule is CCCSc1nnc2c(n1)O[C@@H](c1ccc(-c3cccc(C(F)(F)F)c3)o1)N(C(=O)CC)c1ccccc1-2. The summed E-state index contributed by atoms with van der Waals surface area (Å²) in [6.07, 6.45) is -4.48. The van der Waals surface area contributed by atoms with E-state index in [-0.39, 0.29) is 35.3 Å². The van der Waals surface area contributed by atoms with Crippen LogP contribution < -0.4 is 9.64 Å². The lowest BCUT2D eigenvalue weighted by Crippen LogP contribution is -2.37. The van der Waals surface area contributed by atoms with Crippen molar-refractivity contribution in [3.05, 3.63) is 72.0 Å². The molecule has 0 radical (unpaired) electrons. The second-order valence-electron chi connectivity index (χ2n) is 8.48. The van der Waals surface area contributed by atoms with Gasteiger partial charge in [-0.3, -0.25) is 9.69 Å². The summed E-state index contributed by atoms with van der Waals surface area (Å²) in [5.41, 5.74) is 0.983. The van der Waals surface area contributed by atoms with Gasteiger partial charge in [-0.15, -0.1) is 10.2 Å². The molecular weight excluding hydrogens is 517 g/mol. The highest BCUT2D eigenvalue weighted by Gasteiger charge is 2.37. The standard InChI is InChI=1S/C27H23F3N4O3S/c1-3-14-38-26-31-24-23(32-33-26)18-10-5-6-11-19(18)34(22(35)4-2)25(37-24)21-13-12-20(36-21)16-8-7-9-17(15-16)27(28,29)30/h5-13,15,25H,3-4,14H2,1-2H3/t25-/m0/s1. The highest BCUT2D eigenvalue weighted by atomic mass is 32.2. The van der Waals surface area contributed by atoms with Crippen molar-refractivity contribution in [2.45, 2.75) is 44.2 Å². The van der Waals surface area contributed by atoms with Crippen LogP contribution in [-0.4, -0.2) is 26.8 Å². The van der Waals surface area contributed by atoms with Crippen molar-refractivity contribution in [1.29, 1.82) is 0 Å². The predicted octanol–water partition coefficient (Wildman–Crippen LogP) is 7.15. The molecule has 1 amide bonds. The summed E-state index contributed by atoms with van der Waals surface area (Å²) in [5, 5.41) is 9.04. The molecule has 2 aromatic heterocycles. The van der Waals surface area contributed by atoms with Gasteiger partial charge in [-0.05, 0) is 36.8 Å². The highest BCUT2D eigenvalue weighted by Crippen LogP contribution is 2.44. The lowest BCUT2D eigenvalue weighted by molar-refractivity contribution is -0.137. The smallest absolute Gasteiger partial charge is 0.416 e. The number of carbonyl (C=O) groups is 1. The van der Waals surface area contributed by atoms with Crippen LogP contribution in [0.5, 0.6) is 5.88 Å². The molecule has 196 valence electrons. The van der Waals surface area contributed by atoms with E-state index in [2.05, 4.69) is 15.2 Å². The van der Waals surface area contributed by atoms with Crippen molar-refractivity contribution in [3.63, 3.8) is 0 Å². The minimum Gasteiger partial charge on any atom is -0.455 e. The summed E-state index contributed by atoms with van der Waals surface area (Å²) in [6.45, 7) is 3.77. The normalized spacial score (nSPS) is 14.9. The molecule has 2 aromatic carbocycles. The van der Waals surface area contributed by atoms with Crippen LogP contribution in [0.2, 0.25) is 0 Å². The van der Waals surface area contributed by atoms with E-state index in [0.717, 1.165) is 24.3 Å². The number of ether oxygens (including phenoxy) is 1. The third-order valence-corrected chi connectivity index (χ3v) is 6.91. The topological polar surface area (TPSA) is 81.3 Å². The van der Waals surface area contributed by atoms with Crippen molar-refractivity contribution in [3.8, 4) is 28.5 Å². The molecule has 1 aliphatic rings. The number of benzene rings is 2. The Morgan fingerprint density at radius 2 is 1.87 bits per heavy atom. The first kappa shape index (κ1) is 25.8. The van der Waals surface area contributed by atoms with Crippen molar-refractivity contribution < 1.29 is 27.1 Å². The molecule has 0 N–H and O–H groups in total. The molecule has 1 aliphatic heterocycles. The zero-order valence-electron chi connectivity index (χ0n) is 20.5. The number of amides is 1. The summed E-state index contributed by atoms with van der Waals surface area (Å²) in [5.74, 6) is 1.15. The van der Waals surface area contributed by atoms with Crippen LogP contribution in [0, 0.1) is 0 Å². The Morgan fingerprint density at radius 1 is 1.05 bits per heavy atom. The van der Waals surface area contributed by atoms with Crippen LogP contribution in [0.4, 0.5) is 18.9 Å². The molecule has 4 aromatic rings. The second-order valence-corrected chi connectivity index (χ2v) is 9.54. The van der Waals surface area contributed by atoms with Gasteiger partial charge in [0.15, 0.2) is 11.5 Å². The average Bonchev–Trinajstić information content (AvgIpc) is 3.36. The first-order valence-corrected chi connectivity index (χ1v) is 13.0. The number of halogens is 3. The van der Waals surface area contributed by atoms with Gasteiger partial charge in [-0.1, -0.05) is 55.9 Å². The largest absolute Gasteiger partial charge is 0.455 e. The predicted molar refractivity (Wildman–Crippen MR) is 137 cm³/mol. The summed E-state index contributed by atoms with van der Waals surface area (Å²) < 4.78 is 52.2. The van der Waals surface area contributed by atoms with Gasteiger partial charge in [0.1, 0.15) is 5.76 Å². The summed E-state index contributed by atoms with van der Waals surface area (Å²) in [4.78, 5) is 19.3. The number of aromatic nitrogens is 3. The van der Waals surface area contributed by atoms with E-state index < -0.39 is 18.0 Å². The molecule has 0 spiro atoms. The molecule has 7 nitrogen and oxygen atoms in total. The fraction of sp³-hybridized carbons (Fsp3) is 0.259. The third kappa shape index (κ3) is 4.98. The Labute approximate surface area is 221 Å². The monoisotopic (exact) mass is 540 g/mol. The van der Waals surface area contributed by atoms with Crippen molar-refractivity contribution >= 4 is 23.4 Å². The molecule has 5 rings (SSSR count). The molecular formula is C27H23F3N4O3S. The number of anilines is 1. The van der Waals surface area contributed by atoms with E-state index in [1.165, 1.54) is 28.8 Å². The molecule has 11 heteroatoms. The molecule has 0 saturated carbocycles. The third-order valence-electron chi connectivity index (χ3n) is 5.86. The Hall–Kier alpha value is -3.86. The van der Waals surface area contributed by atoms with Crippen LogP contribution in [0.25, 0.3) is 22.6 Å². The minimum absolute atomic E-state index is 0.169. The molecule has 38 heavy (non-hydrogen) atoms. The maximum Gasteiger partial charge on any atom is 0.416 e. The van der Waals surface area contributed by atoms with E-state index in [9.17, 15) is 18.0 Å². The summed E-state index contributed by atoms with van der Waals surface area (Å²) >= 11 is 1.43. The van der Waals surface area contributed by atoms with Crippen LogP contribution >= 0.6 is 11.8 Å². The minimum atomic E-state index is -4.49. The zero-order valence-corrected chi connectivity index (χ0v) is 21.3. The fourth-order valence-electron chi connectivity index (χ4n) is 4.08. The van der Waals surface area contributed by atoms with Gasteiger partial charge in [0, 0.05) is 23.3 Å². The van der Waals surface area contributed by atoms with Gasteiger partial charge in [0.05, 0.1) is 11.3 Å². The van der Waals surface area contributed by atoms with Crippen LogP contribution in [-0.2, 0) is 11.0 Å². The molecule has 3 heterocycles. The van der Waals surface area contributed by atoms with Crippen molar-refractivity contribution in [2.24, 2.45) is 0 Å². The van der Waals surface area contributed by atoms with Gasteiger partial charge in [-0.25, -0.2) is 0 Å². The van der Waals surface area contributed by atoms with Gasteiger partial charge < -0.3 is 9.15 Å². The number of thioether (sulfide) groups is 1. The summed E-state index contributed by atoms with van der Waals surface area (Å²) in [7, 11) is 0. The number of carbonyl (C=O) groups excluding carboxylic acids is 1. The number of rotatable bonds is 6. The van der Waals surface area contributed by atoms with E-state index >= 15 is 0 Å². The van der Waals surface area contributed by atoms with Crippen LogP contribution in [0.15, 0.2) is 70.2 Å². The van der Waals surface area contributed by atoms with Crippen molar-refractivity contribution in [2.75, 3.05) is 10.7 Å². The maximum atomic E-state index is 13.3. The zero-order chi connectivity index (χ0) is 26.9. The van der Waals surface area contributed by atoms with E-state index in [4.69, 9.17) is 9.15 Å². The molecule has 1 atom stereocenters. The Kier molecular flexibility index (Phi) is 7.11. The van der Waals surface area contributed by atoms with Crippen LogP contribution in [0.3, 0.4) is 0 Å². The Balaban J connectivity index is 1.62. The number of fused-ring (bicyclic) bond motifs is 3. The number of furan rings is 1. The van der Waals surface area contributed by atoms with Crippen LogP contribution in [0.1, 0.15) is 44.2 Å². The highest BCUT2D eigenvalue weighted by molar-refractivity contribution is 7.99. The maximum absolute atomic E-state index is 13.3. The van der Waals surface area contributed by atoms with Gasteiger partial charge in [0.2, 0.25) is 23.2 Å². The first-order valence-electron chi connectivity index (χ1n) is 12.0. The van der Waals surface area contributed by atoms with Gasteiger partial charge in [0.25, 0.3) is 0 Å². The molecule has 0 saturated heterocycles. The van der Waals surface area contributed by atoms with E-state index in [1.807, 2.05) is 13.0 Å². The number of alkyl halides is 3. The molecule has 0 fully saturated rings. The molecule has 0 unspecified atom stereocenters. The Morgan fingerprint density at radius 3 is 2.63 bits per heavy atom. The van der Waals surface area contributed by atoms with Gasteiger partial charge >= 0.3 is 6.18 Å². The quantitative estimate of drug-likeness (QED) is 0.240. The number of hydrogen-bond donors (Lipinski definition) is 0. The average molecular weight is 541 g/mol. The lowest BCUT2D eigenvalue weighted by atomic mass is 10.1. The van der Waals surface area contributed by atoms with Gasteiger partial charge in [-0.2, -0.15) is 18.2 Å². The Bertz CT molecular complexity index is 1470.